The summed E-state index contributed by atoms with van der Waals surface area (Å²) in [5.74, 6) is -0.835. The minimum absolute atomic E-state index is 0.328. The molecule has 2 N–H and O–H groups in total. The molecule has 0 aliphatic carbocycles. The number of aryl methyl sites for hydroxylation is 2. The first-order chi connectivity index (χ1) is 14.9. The number of hydrogen-bond acceptors (Lipinski definition) is 3. The molecule has 0 unspecified atom stereocenters. The standard InChI is InChI=1S/C25H31N3O3/c1-4-6-8-19-11-15-21(16-12-19)26-22(29)17-28-23(30)25(3,27-24(28)31)20-13-9-18(7-5-2)10-14-20/h9-16H,4-8,17H2,1-3H3,(H,26,29)(H,27,31)/t25-/m0/s1. The predicted molar refractivity (Wildman–Crippen MR) is 122 cm³/mol. The molecular weight excluding hydrogens is 390 g/mol. The molecule has 3 rings (SSSR count). The molecule has 1 atom stereocenters. The quantitative estimate of drug-likeness (QED) is 0.590. The highest BCUT2D eigenvalue weighted by molar-refractivity contribution is 6.10. The van der Waals surface area contributed by atoms with Crippen molar-refractivity contribution in [1.82, 2.24) is 10.2 Å². The van der Waals surface area contributed by atoms with E-state index in [0.717, 1.165) is 37.0 Å². The van der Waals surface area contributed by atoms with Crippen LogP contribution in [0.5, 0.6) is 0 Å². The van der Waals surface area contributed by atoms with Crippen LogP contribution in [-0.2, 0) is 28.0 Å². The number of carbonyl (C=O) groups is 3. The van der Waals surface area contributed by atoms with Crippen molar-refractivity contribution in [3.05, 3.63) is 65.2 Å². The second kappa shape index (κ2) is 9.77. The third-order valence-electron chi connectivity index (χ3n) is 5.70. The Balaban J connectivity index is 1.64. The third-order valence-corrected chi connectivity index (χ3v) is 5.70. The van der Waals surface area contributed by atoms with E-state index >= 15 is 0 Å². The van der Waals surface area contributed by atoms with Gasteiger partial charge in [0.1, 0.15) is 12.1 Å². The minimum atomic E-state index is -1.18. The van der Waals surface area contributed by atoms with Crippen molar-refractivity contribution < 1.29 is 14.4 Å². The molecule has 0 saturated carbocycles. The Bertz CT molecular complexity index is 937. The Kier molecular flexibility index (Phi) is 7.10. The number of imide groups is 1. The number of anilines is 1. The molecule has 1 heterocycles. The van der Waals surface area contributed by atoms with E-state index in [9.17, 15) is 14.4 Å². The van der Waals surface area contributed by atoms with E-state index in [1.54, 1.807) is 6.92 Å². The summed E-state index contributed by atoms with van der Waals surface area (Å²) >= 11 is 0. The van der Waals surface area contributed by atoms with Gasteiger partial charge in [-0.2, -0.15) is 0 Å². The van der Waals surface area contributed by atoms with Gasteiger partial charge >= 0.3 is 6.03 Å². The SMILES string of the molecule is CCCCc1ccc(NC(=O)CN2C(=O)N[C@@](C)(c3ccc(CCC)cc3)C2=O)cc1. The molecular formula is C25H31N3O3. The van der Waals surface area contributed by atoms with Crippen LogP contribution in [0.2, 0.25) is 0 Å². The van der Waals surface area contributed by atoms with Crippen molar-refractivity contribution in [2.75, 3.05) is 11.9 Å². The van der Waals surface area contributed by atoms with Gasteiger partial charge in [0.2, 0.25) is 5.91 Å². The van der Waals surface area contributed by atoms with Gasteiger partial charge in [-0.1, -0.05) is 63.1 Å². The van der Waals surface area contributed by atoms with Gasteiger partial charge in [-0.05, 0) is 55.0 Å². The van der Waals surface area contributed by atoms with Gasteiger partial charge in [0.15, 0.2) is 0 Å². The predicted octanol–water partition coefficient (Wildman–Crippen LogP) is 4.39. The largest absolute Gasteiger partial charge is 0.325 e. The smallest absolute Gasteiger partial charge is 0.325 e. The van der Waals surface area contributed by atoms with E-state index in [0.29, 0.717) is 11.3 Å². The summed E-state index contributed by atoms with van der Waals surface area (Å²) in [5, 5.41) is 5.52. The molecule has 0 bridgehead atoms. The van der Waals surface area contributed by atoms with Crippen LogP contribution < -0.4 is 10.6 Å². The lowest BCUT2D eigenvalue weighted by atomic mass is 9.91. The van der Waals surface area contributed by atoms with Gasteiger partial charge in [-0.15, -0.1) is 0 Å². The van der Waals surface area contributed by atoms with Gasteiger partial charge in [0.05, 0.1) is 0 Å². The maximum absolute atomic E-state index is 13.0. The number of benzene rings is 2. The van der Waals surface area contributed by atoms with Crippen LogP contribution in [0.25, 0.3) is 0 Å². The second-order valence-electron chi connectivity index (χ2n) is 8.24. The van der Waals surface area contributed by atoms with E-state index in [2.05, 4.69) is 24.5 Å². The molecule has 0 aromatic heterocycles. The lowest BCUT2D eigenvalue weighted by Crippen LogP contribution is -2.42. The fraction of sp³-hybridized carbons (Fsp3) is 0.400. The normalized spacial score (nSPS) is 18.2. The lowest BCUT2D eigenvalue weighted by molar-refractivity contribution is -0.133. The van der Waals surface area contributed by atoms with Gasteiger partial charge in [0, 0.05) is 5.69 Å². The Labute approximate surface area is 184 Å². The number of rotatable bonds is 9. The molecule has 6 nitrogen and oxygen atoms in total. The van der Waals surface area contributed by atoms with Crippen LogP contribution >= 0.6 is 0 Å². The molecule has 1 saturated heterocycles. The van der Waals surface area contributed by atoms with Crippen LogP contribution in [0.15, 0.2) is 48.5 Å². The number of hydrogen-bond donors (Lipinski definition) is 2. The number of nitrogens with one attached hydrogen (secondary N) is 2. The highest BCUT2D eigenvalue weighted by Crippen LogP contribution is 2.29. The zero-order valence-corrected chi connectivity index (χ0v) is 18.5. The molecule has 1 aliphatic rings. The van der Waals surface area contributed by atoms with Crippen LogP contribution in [0.1, 0.15) is 56.7 Å². The van der Waals surface area contributed by atoms with E-state index in [4.69, 9.17) is 0 Å². The molecule has 1 aliphatic heterocycles. The average molecular weight is 422 g/mol. The van der Waals surface area contributed by atoms with Crippen LogP contribution in [0, 0.1) is 0 Å². The first-order valence-corrected chi connectivity index (χ1v) is 11.0. The van der Waals surface area contributed by atoms with E-state index < -0.39 is 23.4 Å². The first kappa shape index (κ1) is 22.5. The summed E-state index contributed by atoms with van der Waals surface area (Å²) in [7, 11) is 0. The van der Waals surface area contributed by atoms with E-state index in [1.165, 1.54) is 11.1 Å². The molecule has 31 heavy (non-hydrogen) atoms. The number of amides is 4. The van der Waals surface area contributed by atoms with Gasteiger partial charge < -0.3 is 10.6 Å². The zero-order valence-electron chi connectivity index (χ0n) is 18.5. The highest BCUT2D eigenvalue weighted by atomic mass is 16.2. The second-order valence-corrected chi connectivity index (χ2v) is 8.24. The third kappa shape index (κ3) is 5.13. The molecule has 0 radical (unpaired) electrons. The summed E-state index contributed by atoms with van der Waals surface area (Å²) in [6.07, 6.45) is 5.26. The highest BCUT2D eigenvalue weighted by Gasteiger charge is 2.49. The molecule has 1 fully saturated rings. The topological polar surface area (TPSA) is 78.5 Å². The van der Waals surface area contributed by atoms with Crippen molar-refractivity contribution in [3.63, 3.8) is 0 Å². The Morgan fingerprint density at radius 1 is 0.935 bits per heavy atom. The van der Waals surface area contributed by atoms with Crippen LogP contribution in [0.3, 0.4) is 0 Å². The van der Waals surface area contributed by atoms with Crippen molar-refractivity contribution >= 4 is 23.5 Å². The molecule has 164 valence electrons. The molecule has 2 aromatic carbocycles. The molecule has 2 aromatic rings. The van der Waals surface area contributed by atoms with Gasteiger partial charge in [-0.25, -0.2) is 4.79 Å². The van der Waals surface area contributed by atoms with E-state index in [-0.39, 0.29) is 6.54 Å². The fourth-order valence-electron chi connectivity index (χ4n) is 3.81. The molecule has 4 amide bonds. The number of unbranched alkanes of at least 4 members (excludes halogenated alkanes) is 1. The summed E-state index contributed by atoms with van der Waals surface area (Å²) < 4.78 is 0. The Morgan fingerprint density at radius 2 is 1.55 bits per heavy atom. The monoisotopic (exact) mass is 421 g/mol. The van der Waals surface area contributed by atoms with Crippen LogP contribution in [0.4, 0.5) is 10.5 Å². The minimum Gasteiger partial charge on any atom is -0.325 e. The molecule has 6 heteroatoms. The summed E-state index contributed by atoms with van der Waals surface area (Å²) in [6, 6.07) is 14.8. The zero-order chi connectivity index (χ0) is 22.4. The first-order valence-electron chi connectivity index (χ1n) is 11.0. The average Bonchev–Trinajstić information content (AvgIpc) is 2.98. The number of carbonyl (C=O) groups excluding carboxylic acids is 3. The summed E-state index contributed by atoms with van der Waals surface area (Å²) in [5.41, 5.74) is 2.57. The van der Waals surface area contributed by atoms with E-state index in [1.807, 2.05) is 48.5 Å². The Hall–Kier alpha value is -3.15. The summed E-state index contributed by atoms with van der Waals surface area (Å²) in [4.78, 5) is 39.0. The van der Waals surface area contributed by atoms with Crippen molar-refractivity contribution in [1.29, 1.82) is 0 Å². The Morgan fingerprint density at radius 3 is 2.16 bits per heavy atom. The maximum atomic E-state index is 13.0. The molecule has 0 spiro atoms. The van der Waals surface area contributed by atoms with Crippen molar-refractivity contribution in [3.8, 4) is 0 Å². The van der Waals surface area contributed by atoms with Crippen molar-refractivity contribution in [2.45, 2.75) is 58.4 Å². The van der Waals surface area contributed by atoms with Gasteiger partial charge in [0.25, 0.3) is 5.91 Å². The lowest BCUT2D eigenvalue weighted by Gasteiger charge is -2.22. The van der Waals surface area contributed by atoms with Crippen LogP contribution in [-0.4, -0.2) is 29.3 Å². The summed E-state index contributed by atoms with van der Waals surface area (Å²) in [6.45, 7) is 5.61. The number of nitrogens with zero attached hydrogens (tertiary/aromatic N) is 1. The maximum Gasteiger partial charge on any atom is 0.325 e. The van der Waals surface area contributed by atoms with Gasteiger partial charge in [-0.3, -0.25) is 14.5 Å². The fourth-order valence-corrected chi connectivity index (χ4v) is 3.81. The van der Waals surface area contributed by atoms with Crippen molar-refractivity contribution in [2.24, 2.45) is 0 Å². The number of urea groups is 1.